The zero-order valence-electron chi connectivity index (χ0n) is 17.6. The number of para-hydroxylation sites is 1. The Morgan fingerprint density at radius 1 is 0.939 bits per heavy atom. The van der Waals surface area contributed by atoms with Crippen LogP contribution in [-0.4, -0.2) is 23.3 Å². The van der Waals surface area contributed by atoms with E-state index in [1.54, 1.807) is 17.0 Å². The number of amides is 2. The predicted octanol–water partition coefficient (Wildman–Crippen LogP) is 4.28. The quantitative estimate of drug-likeness (QED) is 0.323. The summed E-state index contributed by atoms with van der Waals surface area (Å²) in [7, 11) is 0. The number of carbonyl (C=O) groups is 2. The number of benzene rings is 3. The Bertz CT molecular complexity index is 1310. The van der Waals surface area contributed by atoms with Crippen LogP contribution in [0.2, 0.25) is 0 Å². The fraction of sp³-hybridized carbons (Fsp3) is 0.0800. The van der Waals surface area contributed by atoms with Gasteiger partial charge in [-0.25, -0.2) is 4.90 Å². The van der Waals surface area contributed by atoms with Gasteiger partial charge in [0, 0.05) is 24.4 Å². The molecule has 162 valence electrons. The lowest BCUT2D eigenvalue weighted by Gasteiger charge is -2.25. The van der Waals surface area contributed by atoms with Crippen LogP contribution in [0.5, 0.6) is 0 Å². The topological polar surface area (TPSA) is 108 Å². The van der Waals surface area contributed by atoms with Gasteiger partial charge in [-0.3, -0.25) is 19.7 Å². The second-order valence-corrected chi connectivity index (χ2v) is 7.21. The molecule has 8 nitrogen and oxygen atoms in total. The maximum atomic E-state index is 13.6. The number of likely N-dealkylation sites (N-methyl/N-ethyl adjacent to an activating group) is 1. The number of nitro groups is 1. The lowest BCUT2D eigenvalue weighted by molar-refractivity contribution is -0.384. The highest BCUT2D eigenvalue weighted by Crippen LogP contribution is 2.37. The molecule has 0 N–H and O–H groups in total. The number of anilines is 2. The van der Waals surface area contributed by atoms with Crippen molar-refractivity contribution in [3.05, 3.63) is 106 Å². The number of nitro benzene ring substituents is 1. The molecule has 1 heterocycles. The van der Waals surface area contributed by atoms with E-state index >= 15 is 0 Å². The van der Waals surface area contributed by atoms with E-state index in [1.807, 2.05) is 43.3 Å². The molecule has 0 aromatic heterocycles. The second-order valence-electron chi connectivity index (χ2n) is 7.21. The van der Waals surface area contributed by atoms with Crippen molar-refractivity contribution in [1.29, 1.82) is 5.26 Å². The molecule has 0 aliphatic carbocycles. The van der Waals surface area contributed by atoms with E-state index in [4.69, 9.17) is 5.26 Å². The third-order valence-electron chi connectivity index (χ3n) is 5.33. The monoisotopic (exact) mass is 438 g/mol. The number of rotatable bonds is 6. The number of non-ortho nitro benzene ring substituents is 1. The van der Waals surface area contributed by atoms with E-state index < -0.39 is 16.7 Å². The van der Waals surface area contributed by atoms with Gasteiger partial charge in [0.05, 0.1) is 27.8 Å². The van der Waals surface area contributed by atoms with Crippen LogP contribution in [0, 0.1) is 21.4 Å². The first kappa shape index (κ1) is 21.5. The van der Waals surface area contributed by atoms with Gasteiger partial charge in [-0.2, -0.15) is 5.26 Å². The molecule has 0 unspecified atom stereocenters. The maximum Gasteiger partial charge on any atom is 0.282 e. The number of carbonyl (C=O) groups excluding carboxylic acids is 2. The van der Waals surface area contributed by atoms with Gasteiger partial charge >= 0.3 is 0 Å². The summed E-state index contributed by atoms with van der Waals surface area (Å²) in [6.45, 7) is 2.28. The van der Waals surface area contributed by atoms with Crippen molar-refractivity contribution in [2.75, 3.05) is 16.3 Å². The summed E-state index contributed by atoms with van der Waals surface area (Å²) in [5.41, 5.74) is 2.11. The van der Waals surface area contributed by atoms with Crippen molar-refractivity contribution in [1.82, 2.24) is 0 Å². The highest BCUT2D eigenvalue weighted by Gasteiger charge is 2.42. The van der Waals surface area contributed by atoms with E-state index in [0.29, 0.717) is 23.4 Å². The summed E-state index contributed by atoms with van der Waals surface area (Å²) in [5, 5.41) is 20.1. The lowest BCUT2D eigenvalue weighted by Crippen LogP contribution is -2.35. The molecule has 4 rings (SSSR count). The summed E-state index contributed by atoms with van der Waals surface area (Å²) in [6, 6.07) is 22.9. The highest BCUT2D eigenvalue weighted by atomic mass is 16.6. The largest absolute Gasteiger partial charge is 0.337 e. The summed E-state index contributed by atoms with van der Waals surface area (Å²) in [4.78, 5) is 40.6. The third kappa shape index (κ3) is 3.83. The summed E-state index contributed by atoms with van der Waals surface area (Å²) >= 11 is 0. The van der Waals surface area contributed by atoms with Crippen LogP contribution in [0.25, 0.3) is 5.57 Å². The average molecular weight is 438 g/mol. The number of nitrogens with zero attached hydrogens (tertiary/aromatic N) is 4. The molecule has 0 radical (unpaired) electrons. The van der Waals surface area contributed by atoms with E-state index in [-0.39, 0.29) is 17.0 Å². The highest BCUT2D eigenvalue weighted by molar-refractivity contribution is 6.46. The van der Waals surface area contributed by atoms with Crippen molar-refractivity contribution in [3.8, 4) is 6.07 Å². The minimum absolute atomic E-state index is 0.114. The first-order valence-corrected chi connectivity index (χ1v) is 10.2. The first-order chi connectivity index (χ1) is 16.0. The first-order valence-electron chi connectivity index (χ1n) is 10.2. The number of hydrogen-bond acceptors (Lipinski definition) is 6. The van der Waals surface area contributed by atoms with Crippen LogP contribution < -0.4 is 9.80 Å². The molecule has 1 aliphatic heterocycles. The van der Waals surface area contributed by atoms with Crippen molar-refractivity contribution < 1.29 is 14.5 Å². The van der Waals surface area contributed by atoms with Gasteiger partial charge in [0.2, 0.25) is 0 Å². The van der Waals surface area contributed by atoms with Crippen LogP contribution >= 0.6 is 0 Å². The molecule has 3 aromatic rings. The summed E-state index contributed by atoms with van der Waals surface area (Å²) in [6.07, 6.45) is 0. The van der Waals surface area contributed by atoms with E-state index in [1.165, 1.54) is 36.4 Å². The number of hydrogen-bond donors (Lipinski definition) is 0. The number of nitriles is 1. The van der Waals surface area contributed by atoms with Crippen LogP contribution in [0.15, 0.2) is 84.6 Å². The smallest absolute Gasteiger partial charge is 0.282 e. The minimum atomic E-state index is -0.539. The Labute approximate surface area is 189 Å². The zero-order chi connectivity index (χ0) is 23.5. The van der Waals surface area contributed by atoms with E-state index in [2.05, 4.69) is 0 Å². The Hall–Kier alpha value is -4.77. The average Bonchev–Trinajstić information content (AvgIpc) is 3.10. The minimum Gasteiger partial charge on any atom is -0.337 e. The molecular formula is C25H18N4O4. The zero-order valence-corrected chi connectivity index (χ0v) is 17.6. The molecule has 33 heavy (non-hydrogen) atoms. The Morgan fingerprint density at radius 2 is 1.58 bits per heavy atom. The Morgan fingerprint density at radius 3 is 2.12 bits per heavy atom. The summed E-state index contributed by atoms with van der Waals surface area (Å²) < 4.78 is 0. The standard InChI is InChI=1S/C25H18N4O4/c1-2-27(19-6-4-3-5-7-19)23-22(18-10-14-21(15-11-18)29(32)33)24(30)28(25(23)31)20-12-8-17(16-26)9-13-20/h3-15H,2H2,1H3. The molecule has 0 atom stereocenters. The fourth-order valence-corrected chi connectivity index (χ4v) is 3.78. The molecule has 1 aliphatic rings. The van der Waals surface area contributed by atoms with Crippen molar-refractivity contribution in [2.24, 2.45) is 0 Å². The van der Waals surface area contributed by atoms with Gasteiger partial charge in [0.1, 0.15) is 5.70 Å². The molecule has 8 heteroatoms. The Kier molecular flexibility index (Phi) is 5.70. The predicted molar refractivity (Wildman–Crippen MR) is 123 cm³/mol. The third-order valence-corrected chi connectivity index (χ3v) is 5.33. The van der Waals surface area contributed by atoms with Crippen LogP contribution in [-0.2, 0) is 9.59 Å². The van der Waals surface area contributed by atoms with Crippen molar-refractivity contribution >= 4 is 34.4 Å². The molecule has 2 amide bonds. The fourth-order valence-electron chi connectivity index (χ4n) is 3.78. The van der Waals surface area contributed by atoms with Crippen molar-refractivity contribution in [2.45, 2.75) is 6.92 Å². The van der Waals surface area contributed by atoms with Crippen LogP contribution in [0.4, 0.5) is 17.1 Å². The molecular weight excluding hydrogens is 420 g/mol. The van der Waals surface area contributed by atoms with Crippen molar-refractivity contribution in [3.63, 3.8) is 0 Å². The molecule has 3 aromatic carbocycles. The van der Waals surface area contributed by atoms with Crippen LogP contribution in [0.3, 0.4) is 0 Å². The van der Waals surface area contributed by atoms with Gasteiger partial charge in [-0.1, -0.05) is 18.2 Å². The van der Waals surface area contributed by atoms with Gasteiger partial charge in [0.25, 0.3) is 17.5 Å². The Balaban J connectivity index is 1.88. The van der Waals surface area contributed by atoms with Crippen LogP contribution in [0.1, 0.15) is 18.1 Å². The van der Waals surface area contributed by atoms with Gasteiger partial charge in [-0.05, 0) is 61.0 Å². The van der Waals surface area contributed by atoms with Gasteiger partial charge < -0.3 is 4.90 Å². The van der Waals surface area contributed by atoms with Gasteiger partial charge in [0.15, 0.2) is 0 Å². The molecule has 0 spiro atoms. The normalized spacial score (nSPS) is 13.3. The molecule has 0 fully saturated rings. The molecule has 0 saturated carbocycles. The van der Waals surface area contributed by atoms with Gasteiger partial charge in [-0.15, -0.1) is 0 Å². The maximum absolute atomic E-state index is 13.6. The van der Waals surface area contributed by atoms with E-state index in [9.17, 15) is 19.7 Å². The molecule has 0 bridgehead atoms. The number of imide groups is 1. The second kappa shape index (κ2) is 8.77. The van der Waals surface area contributed by atoms with E-state index in [0.717, 1.165) is 10.6 Å². The molecule has 0 saturated heterocycles. The summed E-state index contributed by atoms with van der Waals surface area (Å²) in [5.74, 6) is -1.05. The SMILES string of the molecule is CCN(C1=C(c2ccc([N+](=O)[O-])cc2)C(=O)N(c2ccc(C#N)cc2)C1=O)c1ccccc1. The lowest BCUT2D eigenvalue weighted by atomic mass is 10.0.